The maximum atomic E-state index is 10.2. The van der Waals surface area contributed by atoms with Crippen molar-refractivity contribution in [3.8, 4) is 11.5 Å². The van der Waals surface area contributed by atoms with Crippen molar-refractivity contribution in [1.29, 1.82) is 0 Å². The summed E-state index contributed by atoms with van der Waals surface area (Å²) in [5.74, 6) is 1.98. The highest BCUT2D eigenvalue weighted by Gasteiger charge is 2.17. The molecular weight excluding hydrogens is 272 g/mol. The lowest BCUT2D eigenvalue weighted by Crippen LogP contribution is -2.21. The van der Waals surface area contributed by atoms with Crippen LogP contribution in [-0.4, -0.2) is 44.7 Å². The second-order valence-corrected chi connectivity index (χ2v) is 5.51. The highest BCUT2D eigenvalue weighted by molar-refractivity contribution is 5.44. The first-order valence-corrected chi connectivity index (χ1v) is 7.56. The van der Waals surface area contributed by atoms with Gasteiger partial charge in [-0.15, -0.1) is 0 Å². The summed E-state index contributed by atoms with van der Waals surface area (Å²) in [6.07, 6.45) is 1.45. The van der Waals surface area contributed by atoms with Crippen molar-refractivity contribution in [1.82, 2.24) is 0 Å². The summed E-state index contributed by atoms with van der Waals surface area (Å²) in [6, 6.07) is 5.53. The third kappa shape index (κ3) is 3.87. The van der Waals surface area contributed by atoms with Crippen LogP contribution in [0, 0.1) is 5.92 Å². The molecule has 2 aliphatic rings. The molecule has 5 heteroatoms. The van der Waals surface area contributed by atoms with Crippen LogP contribution in [0.4, 0.5) is 0 Å². The van der Waals surface area contributed by atoms with E-state index in [1.807, 2.05) is 18.2 Å². The highest BCUT2D eigenvalue weighted by Crippen LogP contribution is 2.32. The summed E-state index contributed by atoms with van der Waals surface area (Å²) >= 11 is 0. The van der Waals surface area contributed by atoms with Crippen molar-refractivity contribution >= 4 is 0 Å². The van der Waals surface area contributed by atoms with E-state index in [4.69, 9.17) is 18.9 Å². The number of hydrogen-bond donors (Lipinski definition) is 1. The van der Waals surface area contributed by atoms with Crippen molar-refractivity contribution < 1.29 is 24.1 Å². The lowest BCUT2D eigenvalue weighted by Gasteiger charge is -2.23. The van der Waals surface area contributed by atoms with Gasteiger partial charge in [-0.3, -0.25) is 0 Å². The number of benzene rings is 1. The fourth-order valence-corrected chi connectivity index (χ4v) is 2.62. The van der Waals surface area contributed by atoms with E-state index in [0.29, 0.717) is 38.1 Å². The fourth-order valence-electron chi connectivity index (χ4n) is 2.62. The van der Waals surface area contributed by atoms with E-state index in [1.165, 1.54) is 0 Å². The first-order chi connectivity index (χ1) is 10.3. The van der Waals surface area contributed by atoms with Crippen LogP contribution < -0.4 is 9.47 Å². The lowest BCUT2D eigenvalue weighted by molar-refractivity contribution is -0.00975. The zero-order valence-electron chi connectivity index (χ0n) is 12.1. The fraction of sp³-hybridized carbons (Fsp3) is 0.625. The number of hydrogen-bond acceptors (Lipinski definition) is 5. The van der Waals surface area contributed by atoms with Crippen LogP contribution >= 0.6 is 0 Å². The molecule has 0 radical (unpaired) electrons. The minimum absolute atomic E-state index is 0.303. The molecule has 1 aromatic carbocycles. The zero-order valence-corrected chi connectivity index (χ0v) is 12.1. The van der Waals surface area contributed by atoms with Crippen LogP contribution in [-0.2, 0) is 9.47 Å². The number of rotatable bonds is 5. The van der Waals surface area contributed by atoms with E-state index in [9.17, 15) is 5.11 Å². The van der Waals surface area contributed by atoms with Gasteiger partial charge in [-0.2, -0.15) is 0 Å². The Labute approximate surface area is 124 Å². The zero-order chi connectivity index (χ0) is 14.5. The van der Waals surface area contributed by atoms with E-state index >= 15 is 0 Å². The number of fused-ring (bicyclic) bond motifs is 1. The van der Waals surface area contributed by atoms with E-state index in [0.717, 1.165) is 37.4 Å². The largest absolute Gasteiger partial charge is 0.486 e. The van der Waals surface area contributed by atoms with Gasteiger partial charge in [0.15, 0.2) is 11.5 Å². The Morgan fingerprint density at radius 1 is 1.10 bits per heavy atom. The molecule has 0 saturated carbocycles. The Morgan fingerprint density at radius 3 is 2.67 bits per heavy atom. The van der Waals surface area contributed by atoms with Gasteiger partial charge in [0.2, 0.25) is 0 Å². The van der Waals surface area contributed by atoms with Gasteiger partial charge in [0.05, 0.1) is 6.61 Å². The second kappa shape index (κ2) is 7.11. The topological polar surface area (TPSA) is 57.2 Å². The number of aliphatic hydroxyl groups is 1. The third-order valence-electron chi connectivity index (χ3n) is 3.92. The van der Waals surface area contributed by atoms with Crippen LogP contribution in [0.5, 0.6) is 11.5 Å². The number of ether oxygens (including phenoxy) is 4. The summed E-state index contributed by atoms with van der Waals surface area (Å²) < 4.78 is 22.0. The molecule has 0 amide bonds. The molecule has 1 N–H and O–H groups in total. The molecule has 1 fully saturated rings. The molecule has 1 atom stereocenters. The smallest absolute Gasteiger partial charge is 0.161 e. The third-order valence-corrected chi connectivity index (χ3v) is 3.92. The molecule has 21 heavy (non-hydrogen) atoms. The molecule has 2 heterocycles. The normalized spacial score (nSPS) is 20.2. The molecule has 1 aromatic rings. The molecular formula is C16H22O5. The standard InChI is InChI=1S/C16H22O5/c17-14(11-19-10-12-3-5-18-6-4-12)13-1-2-15-16(9-13)21-8-7-20-15/h1-2,9,12,14,17H,3-8,10-11H2. The Hall–Kier alpha value is -1.30. The van der Waals surface area contributed by atoms with E-state index in [1.54, 1.807) is 0 Å². The minimum atomic E-state index is -0.638. The molecule has 3 rings (SSSR count). The monoisotopic (exact) mass is 294 g/mol. The van der Waals surface area contributed by atoms with Gasteiger partial charge in [-0.25, -0.2) is 0 Å². The summed E-state index contributed by atoms with van der Waals surface area (Å²) in [5.41, 5.74) is 0.797. The molecule has 116 valence electrons. The average Bonchev–Trinajstić information content (AvgIpc) is 2.55. The molecule has 0 aliphatic carbocycles. The summed E-state index contributed by atoms with van der Waals surface area (Å²) in [6.45, 7) is 3.75. The van der Waals surface area contributed by atoms with Gasteiger partial charge in [0.1, 0.15) is 19.3 Å². The predicted molar refractivity (Wildman–Crippen MR) is 76.8 cm³/mol. The maximum absolute atomic E-state index is 10.2. The second-order valence-electron chi connectivity index (χ2n) is 5.51. The average molecular weight is 294 g/mol. The van der Waals surface area contributed by atoms with Crippen molar-refractivity contribution in [2.45, 2.75) is 18.9 Å². The Balaban J connectivity index is 1.49. The molecule has 5 nitrogen and oxygen atoms in total. The molecule has 0 spiro atoms. The molecule has 0 bridgehead atoms. The molecule has 1 unspecified atom stereocenters. The maximum Gasteiger partial charge on any atom is 0.161 e. The van der Waals surface area contributed by atoms with E-state index in [-0.39, 0.29) is 0 Å². The van der Waals surface area contributed by atoms with Gasteiger partial charge >= 0.3 is 0 Å². The molecule has 0 aromatic heterocycles. The summed E-state index contributed by atoms with van der Waals surface area (Å²) in [7, 11) is 0. The van der Waals surface area contributed by atoms with Gasteiger partial charge in [-0.1, -0.05) is 6.07 Å². The first-order valence-electron chi connectivity index (χ1n) is 7.56. The molecule has 2 aliphatic heterocycles. The van der Waals surface area contributed by atoms with E-state index < -0.39 is 6.10 Å². The minimum Gasteiger partial charge on any atom is -0.486 e. The first kappa shape index (κ1) is 14.6. The SMILES string of the molecule is OC(COCC1CCOCC1)c1ccc2c(c1)OCCO2. The molecule has 1 saturated heterocycles. The Bertz CT molecular complexity index is 456. The lowest BCUT2D eigenvalue weighted by atomic mass is 10.0. The van der Waals surface area contributed by atoms with Crippen molar-refractivity contribution in [3.05, 3.63) is 23.8 Å². The van der Waals surface area contributed by atoms with Crippen molar-refractivity contribution in [2.24, 2.45) is 5.92 Å². The van der Waals surface area contributed by atoms with E-state index in [2.05, 4.69) is 0 Å². The Kier molecular flexibility index (Phi) is 4.95. The van der Waals surface area contributed by atoms with Gasteiger partial charge < -0.3 is 24.1 Å². The summed E-state index contributed by atoms with van der Waals surface area (Å²) in [4.78, 5) is 0. The van der Waals surface area contributed by atoms with Gasteiger partial charge in [-0.05, 0) is 36.5 Å². The highest BCUT2D eigenvalue weighted by atomic mass is 16.6. The van der Waals surface area contributed by atoms with Crippen molar-refractivity contribution in [2.75, 3.05) is 39.6 Å². The van der Waals surface area contributed by atoms with Gasteiger partial charge in [0.25, 0.3) is 0 Å². The predicted octanol–water partition coefficient (Wildman–Crippen LogP) is 1.93. The van der Waals surface area contributed by atoms with Crippen LogP contribution in [0.3, 0.4) is 0 Å². The number of aliphatic hydroxyl groups excluding tert-OH is 1. The van der Waals surface area contributed by atoms with Crippen LogP contribution in [0.1, 0.15) is 24.5 Å². The van der Waals surface area contributed by atoms with Crippen LogP contribution in [0.2, 0.25) is 0 Å². The summed E-state index contributed by atoms with van der Waals surface area (Å²) in [5, 5.41) is 10.2. The Morgan fingerprint density at radius 2 is 1.86 bits per heavy atom. The van der Waals surface area contributed by atoms with Crippen LogP contribution in [0.25, 0.3) is 0 Å². The van der Waals surface area contributed by atoms with Crippen molar-refractivity contribution in [3.63, 3.8) is 0 Å². The van der Waals surface area contributed by atoms with Crippen LogP contribution in [0.15, 0.2) is 18.2 Å². The quantitative estimate of drug-likeness (QED) is 0.899. The van der Waals surface area contributed by atoms with Gasteiger partial charge in [0, 0.05) is 19.8 Å².